The summed E-state index contributed by atoms with van der Waals surface area (Å²) in [5.41, 5.74) is 2.30. The summed E-state index contributed by atoms with van der Waals surface area (Å²) >= 11 is 1.77. The van der Waals surface area contributed by atoms with Gasteiger partial charge in [-0.1, -0.05) is 26.0 Å². The Balaban J connectivity index is 2.28. The van der Waals surface area contributed by atoms with Gasteiger partial charge in [0.25, 0.3) is 0 Å². The van der Waals surface area contributed by atoms with Gasteiger partial charge in [-0.3, -0.25) is 0 Å². The van der Waals surface area contributed by atoms with Gasteiger partial charge in [-0.15, -0.1) is 11.3 Å². The molecule has 1 aromatic carbocycles. The standard InChI is InChI=1S/C17H24N2OS/c1-4-11-18-12-16-14(5-2)19-17(21-16)13-9-7-8-10-15(13)20-6-3/h7-10,18H,4-6,11-12H2,1-3H3. The molecule has 0 fully saturated rings. The van der Waals surface area contributed by atoms with E-state index < -0.39 is 0 Å². The minimum atomic E-state index is 0.675. The fraction of sp³-hybridized carbons (Fsp3) is 0.471. The Morgan fingerprint density at radius 3 is 2.71 bits per heavy atom. The number of hydrogen-bond donors (Lipinski definition) is 1. The van der Waals surface area contributed by atoms with Crippen LogP contribution < -0.4 is 10.1 Å². The van der Waals surface area contributed by atoms with Crippen LogP contribution in [-0.4, -0.2) is 18.1 Å². The number of benzene rings is 1. The first-order valence-electron chi connectivity index (χ1n) is 7.71. The second kappa shape index (κ2) is 8.15. The molecule has 3 nitrogen and oxygen atoms in total. The number of rotatable bonds is 8. The van der Waals surface area contributed by atoms with Crippen LogP contribution >= 0.6 is 11.3 Å². The van der Waals surface area contributed by atoms with Crippen molar-refractivity contribution in [3.63, 3.8) is 0 Å². The van der Waals surface area contributed by atoms with Crippen LogP contribution in [0.25, 0.3) is 10.6 Å². The number of aryl methyl sites for hydroxylation is 1. The molecule has 0 bridgehead atoms. The van der Waals surface area contributed by atoms with Crippen LogP contribution in [0.15, 0.2) is 24.3 Å². The molecule has 0 unspecified atom stereocenters. The van der Waals surface area contributed by atoms with Gasteiger partial charge in [0, 0.05) is 11.4 Å². The van der Waals surface area contributed by atoms with Crippen molar-refractivity contribution in [2.75, 3.05) is 13.2 Å². The SMILES string of the molecule is CCCNCc1sc(-c2ccccc2OCC)nc1CC. The van der Waals surface area contributed by atoms with Crippen molar-refractivity contribution in [2.24, 2.45) is 0 Å². The van der Waals surface area contributed by atoms with Crippen LogP contribution in [0.2, 0.25) is 0 Å². The van der Waals surface area contributed by atoms with Gasteiger partial charge < -0.3 is 10.1 Å². The molecule has 1 N–H and O–H groups in total. The molecule has 0 radical (unpaired) electrons. The highest BCUT2D eigenvalue weighted by Crippen LogP contribution is 2.34. The van der Waals surface area contributed by atoms with Gasteiger partial charge in [-0.05, 0) is 38.4 Å². The molecule has 0 aliphatic rings. The van der Waals surface area contributed by atoms with E-state index in [4.69, 9.17) is 9.72 Å². The minimum Gasteiger partial charge on any atom is -0.493 e. The Morgan fingerprint density at radius 2 is 2.00 bits per heavy atom. The largest absolute Gasteiger partial charge is 0.493 e. The molecule has 21 heavy (non-hydrogen) atoms. The molecular weight excluding hydrogens is 280 g/mol. The van der Waals surface area contributed by atoms with Crippen LogP contribution in [0, 0.1) is 0 Å². The quantitative estimate of drug-likeness (QED) is 0.740. The summed E-state index contributed by atoms with van der Waals surface area (Å²) in [6.07, 6.45) is 2.12. The molecule has 0 atom stereocenters. The number of nitrogens with one attached hydrogen (secondary N) is 1. The average Bonchev–Trinajstić information content (AvgIpc) is 2.91. The highest BCUT2D eigenvalue weighted by Gasteiger charge is 2.14. The second-order valence-corrected chi connectivity index (χ2v) is 5.93. The fourth-order valence-electron chi connectivity index (χ4n) is 2.22. The van der Waals surface area contributed by atoms with Crippen molar-refractivity contribution >= 4 is 11.3 Å². The molecule has 1 aromatic heterocycles. The molecule has 0 aliphatic carbocycles. The molecule has 0 saturated heterocycles. The summed E-state index contributed by atoms with van der Waals surface area (Å²) in [5.74, 6) is 0.921. The number of para-hydroxylation sites is 1. The predicted molar refractivity (Wildman–Crippen MR) is 90.1 cm³/mol. The van der Waals surface area contributed by atoms with E-state index in [9.17, 15) is 0 Å². The van der Waals surface area contributed by atoms with E-state index in [1.165, 1.54) is 10.6 Å². The normalized spacial score (nSPS) is 10.8. The third kappa shape index (κ3) is 4.05. The third-order valence-corrected chi connectivity index (χ3v) is 4.37. The molecular formula is C17H24N2OS. The maximum absolute atomic E-state index is 5.72. The zero-order chi connectivity index (χ0) is 15.1. The van der Waals surface area contributed by atoms with E-state index in [2.05, 4.69) is 25.2 Å². The number of thiazole rings is 1. The smallest absolute Gasteiger partial charge is 0.129 e. The summed E-state index contributed by atoms with van der Waals surface area (Å²) < 4.78 is 5.72. The van der Waals surface area contributed by atoms with Gasteiger partial charge in [0.1, 0.15) is 10.8 Å². The summed E-state index contributed by atoms with van der Waals surface area (Å²) in [5, 5.41) is 4.53. The minimum absolute atomic E-state index is 0.675. The topological polar surface area (TPSA) is 34.1 Å². The zero-order valence-corrected chi connectivity index (χ0v) is 13.9. The molecule has 0 saturated carbocycles. The van der Waals surface area contributed by atoms with Crippen LogP contribution in [0.5, 0.6) is 5.75 Å². The Bertz CT molecular complexity index is 566. The van der Waals surface area contributed by atoms with E-state index in [1.54, 1.807) is 11.3 Å². The summed E-state index contributed by atoms with van der Waals surface area (Å²) in [6.45, 7) is 8.99. The first-order chi connectivity index (χ1) is 10.3. The maximum Gasteiger partial charge on any atom is 0.129 e. The van der Waals surface area contributed by atoms with Crippen LogP contribution in [-0.2, 0) is 13.0 Å². The van der Waals surface area contributed by atoms with Gasteiger partial charge >= 0.3 is 0 Å². The molecule has 0 amide bonds. The maximum atomic E-state index is 5.72. The van der Waals surface area contributed by atoms with Gasteiger partial charge in [-0.2, -0.15) is 0 Å². The van der Waals surface area contributed by atoms with Crippen molar-refractivity contribution in [3.05, 3.63) is 34.8 Å². The van der Waals surface area contributed by atoms with Crippen molar-refractivity contribution in [3.8, 4) is 16.3 Å². The molecule has 0 spiro atoms. The monoisotopic (exact) mass is 304 g/mol. The van der Waals surface area contributed by atoms with E-state index in [-0.39, 0.29) is 0 Å². The number of aromatic nitrogens is 1. The molecule has 114 valence electrons. The predicted octanol–water partition coefficient (Wildman–Crippen LogP) is 4.27. The molecule has 4 heteroatoms. The second-order valence-electron chi connectivity index (χ2n) is 4.85. The lowest BCUT2D eigenvalue weighted by Crippen LogP contribution is -2.13. The van der Waals surface area contributed by atoms with Crippen molar-refractivity contribution < 1.29 is 4.74 Å². The van der Waals surface area contributed by atoms with E-state index in [0.29, 0.717) is 6.61 Å². The molecule has 2 aromatic rings. The molecule has 2 rings (SSSR count). The van der Waals surface area contributed by atoms with Gasteiger partial charge in [-0.25, -0.2) is 4.98 Å². The van der Waals surface area contributed by atoms with E-state index in [0.717, 1.165) is 42.3 Å². The van der Waals surface area contributed by atoms with Gasteiger partial charge in [0.15, 0.2) is 0 Å². The molecule has 0 aliphatic heterocycles. The van der Waals surface area contributed by atoms with Crippen molar-refractivity contribution in [1.82, 2.24) is 10.3 Å². The highest BCUT2D eigenvalue weighted by molar-refractivity contribution is 7.15. The van der Waals surface area contributed by atoms with Crippen molar-refractivity contribution in [2.45, 2.75) is 40.2 Å². The number of ether oxygens (including phenoxy) is 1. The van der Waals surface area contributed by atoms with Gasteiger partial charge in [0.05, 0.1) is 17.9 Å². The molecule has 1 heterocycles. The fourth-order valence-corrected chi connectivity index (χ4v) is 3.37. The lowest BCUT2D eigenvalue weighted by atomic mass is 10.2. The summed E-state index contributed by atoms with van der Waals surface area (Å²) in [7, 11) is 0. The number of hydrogen-bond acceptors (Lipinski definition) is 4. The number of nitrogens with zero attached hydrogens (tertiary/aromatic N) is 1. The Hall–Kier alpha value is -1.39. The Morgan fingerprint density at radius 1 is 1.19 bits per heavy atom. The first kappa shape index (κ1) is 16.0. The first-order valence-corrected chi connectivity index (χ1v) is 8.53. The Labute approximate surface area is 131 Å². The third-order valence-electron chi connectivity index (χ3n) is 3.24. The van der Waals surface area contributed by atoms with E-state index >= 15 is 0 Å². The van der Waals surface area contributed by atoms with Gasteiger partial charge in [0.2, 0.25) is 0 Å². The lowest BCUT2D eigenvalue weighted by Gasteiger charge is -2.07. The van der Waals surface area contributed by atoms with E-state index in [1.807, 2.05) is 25.1 Å². The highest BCUT2D eigenvalue weighted by atomic mass is 32.1. The van der Waals surface area contributed by atoms with Crippen molar-refractivity contribution in [1.29, 1.82) is 0 Å². The van der Waals surface area contributed by atoms with Crippen LogP contribution in [0.4, 0.5) is 0 Å². The van der Waals surface area contributed by atoms with Crippen LogP contribution in [0.3, 0.4) is 0 Å². The Kier molecular flexibility index (Phi) is 6.21. The average molecular weight is 304 g/mol. The van der Waals surface area contributed by atoms with Crippen LogP contribution in [0.1, 0.15) is 37.8 Å². The lowest BCUT2D eigenvalue weighted by molar-refractivity contribution is 0.341. The summed E-state index contributed by atoms with van der Waals surface area (Å²) in [6, 6.07) is 8.15. The zero-order valence-electron chi connectivity index (χ0n) is 13.1. The summed E-state index contributed by atoms with van der Waals surface area (Å²) in [4.78, 5) is 6.16.